The highest BCUT2D eigenvalue weighted by Crippen LogP contribution is 2.40. The molecule has 2 unspecified atom stereocenters. The van der Waals surface area contributed by atoms with Crippen molar-refractivity contribution >= 4 is 5.96 Å². The molecule has 1 aromatic carbocycles. The largest absolute Gasteiger partial charge is 0.424 e. The molecule has 9 heteroatoms. The first kappa shape index (κ1) is 23.7. The molecular weight excluding hydrogens is 395 g/mol. The third-order valence-corrected chi connectivity index (χ3v) is 4.84. The number of rotatable bonds is 9. The van der Waals surface area contributed by atoms with Crippen molar-refractivity contribution in [1.82, 2.24) is 20.2 Å². The Kier molecular flexibility index (Phi) is 8.28. The van der Waals surface area contributed by atoms with Gasteiger partial charge in [0.15, 0.2) is 5.96 Å². The highest BCUT2D eigenvalue weighted by atomic mass is 19.4. The van der Waals surface area contributed by atoms with Crippen LogP contribution in [0.25, 0.3) is 0 Å². The lowest BCUT2D eigenvalue weighted by atomic mass is 9.98. The lowest BCUT2D eigenvalue weighted by Gasteiger charge is -2.29. The predicted octanol–water partition coefficient (Wildman–Crippen LogP) is 3.14. The van der Waals surface area contributed by atoms with Crippen molar-refractivity contribution in [2.75, 3.05) is 13.1 Å². The third-order valence-electron chi connectivity index (χ3n) is 4.84. The zero-order valence-electron chi connectivity index (χ0n) is 17.6. The maximum Gasteiger partial charge on any atom is 0.424 e. The fourth-order valence-corrected chi connectivity index (χ4v) is 3.13. The van der Waals surface area contributed by atoms with Crippen LogP contribution in [0.1, 0.15) is 38.1 Å². The average molecular weight is 425 g/mol. The van der Waals surface area contributed by atoms with Crippen LogP contribution in [0.4, 0.5) is 13.2 Å². The summed E-state index contributed by atoms with van der Waals surface area (Å²) in [6.45, 7) is 4.23. The number of nitrogens with one attached hydrogen (secondary N) is 2. The van der Waals surface area contributed by atoms with Crippen LogP contribution in [0, 0.1) is 0 Å². The monoisotopic (exact) mass is 425 g/mol. The minimum absolute atomic E-state index is 0.0686. The third kappa shape index (κ3) is 6.22. The molecule has 2 atom stereocenters. The van der Waals surface area contributed by atoms with Crippen LogP contribution in [0.2, 0.25) is 0 Å². The van der Waals surface area contributed by atoms with Crippen molar-refractivity contribution in [3.63, 3.8) is 0 Å². The topological polar surface area (TPSA) is 74.5 Å². The molecule has 0 bridgehead atoms. The van der Waals surface area contributed by atoms with E-state index in [-0.39, 0.29) is 12.6 Å². The van der Waals surface area contributed by atoms with Gasteiger partial charge < -0.3 is 20.3 Å². The molecule has 6 nitrogen and oxygen atoms in total. The molecule has 0 aliphatic carbocycles. The summed E-state index contributed by atoms with van der Waals surface area (Å²) in [5.41, 5.74) is -1.84. The fourth-order valence-electron chi connectivity index (χ4n) is 3.13. The molecule has 166 valence electrons. The van der Waals surface area contributed by atoms with Gasteiger partial charge in [0.2, 0.25) is 5.60 Å². The molecule has 0 aliphatic rings. The second-order valence-corrected chi connectivity index (χ2v) is 7.30. The average Bonchev–Trinajstić information content (AvgIpc) is 3.12. The molecule has 0 amide bonds. The first-order valence-corrected chi connectivity index (χ1v) is 10.0. The second kappa shape index (κ2) is 10.5. The number of aryl methyl sites for hydroxylation is 2. The Morgan fingerprint density at radius 2 is 1.97 bits per heavy atom. The van der Waals surface area contributed by atoms with Crippen molar-refractivity contribution in [3.8, 4) is 0 Å². The van der Waals surface area contributed by atoms with Crippen molar-refractivity contribution in [2.45, 2.75) is 50.9 Å². The molecule has 0 saturated heterocycles. The summed E-state index contributed by atoms with van der Waals surface area (Å²) in [6, 6.07) is 10.1. The van der Waals surface area contributed by atoms with Crippen LogP contribution in [-0.4, -0.2) is 45.9 Å². The molecule has 2 aromatic rings. The van der Waals surface area contributed by atoms with Crippen LogP contribution in [0.3, 0.4) is 0 Å². The summed E-state index contributed by atoms with van der Waals surface area (Å²) in [6.07, 6.45) is -1.17. The van der Waals surface area contributed by atoms with Gasteiger partial charge >= 0.3 is 6.18 Å². The van der Waals surface area contributed by atoms with Crippen molar-refractivity contribution < 1.29 is 18.3 Å². The fraction of sp³-hybridized carbons (Fsp3) is 0.524. The van der Waals surface area contributed by atoms with Gasteiger partial charge in [0.05, 0.1) is 0 Å². The van der Waals surface area contributed by atoms with E-state index >= 15 is 0 Å². The van der Waals surface area contributed by atoms with Gasteiger partial charge in [0.25, 0.3) is 0 Å². The van der Waals surface area contributed by atoms with Gasteiger partial charge in [0, 0.05) is 45.0 Å². The standard InChI is InChI=1S/C21H30F3N5O/c1-4-25-19(28-16(2)10-11-17-8-6-5-7-9-17)27-13-12-20(30,21(22,23)24)18-26-14-15-29(18)3/h5-9,14-16,30H,4,10-13H2,1-3H3,(H2,25,27,28). The van der Waals surface area contributed by atoms with Crippen LogP contribution < -0.4 is 10.6 Å². The summed E-state index contributed by atoms with van der Waals surface area (Å²) in [5.74, 6) is -0.0261. The molecule has 0 spiro atoms. The van der Waals surface area contributed by atoms with Gasteiger partial charge in [-0.05, 0) is 32.3 Å². The number of aliphatic hydroxyl groups is 1. The Morgan fingerprint density at radius 3 is 2.53 bits per heavy atom. The highest BCUT2D eigenvalue weighted by molar-refractivity contribution is 5.80. The quantitative estimate of drug-likeness (QED) is 0.426. The van der Waals surface area contributed by atoms with Crippen LogP contribution >= 0.6 is 0 Å². The summed E-state index contributed by atoms with van der Waals surface area (Å²) in [4.78, 5) is 7.95. The van der Waals surface area contributed by atoms with E-state index in [0.29, 0.717) is 12.5 Å². The van der Waals surface area contributed by atoms with E-state index in [0.717, 1.165) is 12.8 Å². The van der Waals surface area contributed by atoms with E-state index in [2.05, 4.69) is 32.7 Å². The molecule has 1 heterocycles. The lowest BCUT2D eigenvalue weighted by Crippen LogP contribution is -2.46. The number of hydrogen-bond donors (Lipinski definition) is 3. The predicted molar refractivity (Wildman–Crippen MR) is 111 cm³/mol. The minimum atomic E-state index is -4.86. The number of aliphatic imine (C=N–C) groups is 1. The number of hydrogen-bond acceptors (Lipinski definition) is 3. The lowest BCUT2D eigenvalue weighted by molar-refractivity contribution is -0.272. The first-order valence-electron chi connectivity index (χ1n) is 10.0. The maximum atomic E-state index is 13.6. The van der Waals surface area contributed by atoms with Gasteiger partial charge in [-0.15, -0.1) is 0 Å². The second-order valence-electron chi connectivity index (χ2n) is 7.30. The minimum Gasteiger partial charge on any atom is -0.374 e. The molecule has 1 aromatic heterocycles. The zero-order chi connectivity index (χ0) is 22.2. The molecule has 30 heavy (non-hydrogen) atoms. The molecule has 2 rings (SSSR count). The number of alkyl halides is 3. The Bertz CT molecular complexity index is 806. The normalized spacial score (nSPS) is 15.5. The van der Waals surface area contributed by atoms with Gasteiger partial charge in [-0.3, -0.25) is 4.99 Å². The number of halogens is 3. The van der Waals surface area contributed by atoms with Crippen LogP contribution in [0.15, 0.2) is 47.7 Å². The Morgan fingerprint density at radius 1 is 1.27 bits per heavy atom. The number of nitrogens with zero attached hydrogens (tertiary/aromatic N) is 3. The van der Waals surface area contributed by atoms with E-state index in [1.807, 2.05) is 32.0 Å². The summed E-state index contributed by atoms with van der Waals surface area (Å²) in [7, 11) is 1.42. The first-order chi connectivity index (χ1) is 14.2. The SMILES string of the molecule is CCNC(=NCCC(O)(c1nccn1C)C(F)(F)F)NC(C)CCc1ccccc1. The van der Waals surface area contributed by atoms with Gasteiger partial charge in [-0.25, -0.2) is 4.98 Å². The molecule has 0 fully saturated rings. The van der Waals surface area contributed by atoms with Gasteiger partial charge in [-0.2, -0.15) is 13.2 Å². The van der Waals surface area contributed by atoms with E-state index < -0.39 is 24.0 Å². The Labute approximate surface area is 175 Å². The molecule has 0 saturated carbocycles. The van der Waals surface area contributed by atoms with Crippen LogP contribution in [0.5, 0.6) is 0 Å². The highest BCUT2D eigenvalue weighted by Gasteiger charge is 2.57. The van der Waals surface area contributed by atoms with E-state index in [4.69, 9.17) is 0 Å². The van der Waals surface area contributed by atoms with Gasteiger partial charge in [0.1, 0.15) is 5.82 Å². The number of aromatic nitrogens is 2. The van der Waals surface area contributed by atoms with E-state index in [1.165, 1.54) is 29.6 Å². The van der Waals surface area contributed by atoms with Gasteiger partial charge in [-0.1, -0.05) is 30.3 Å². The number of guanidine groups is 1. The number of imidazole rings is 1. The van der Waals surface area contributed by atoms with E-state index in [1.54, 1.807) is 0 Å². The maximum absolute atomic E-state index is 13.6. The molecule has 0 aliphatic heterocycles. The molecular formula is C21H30F3N5O. The Balaban J connectivity index is 2.01. The Hall–Kier alpha value is -2.55. The summed E-state index contributed by atoms with van der Waals surface area (Å²) < 4.78 is 42.0. The van der Waals surface area contributed by atoms with Crippen molar-refractivity contribution in [2.24, 2.45) is 12.0 Å². The summed E-state index contributed by atoms with van der Waals surface area (Å²) in [5, 5.41) is 16.7. The molecule has 3 N–H and O–H groups in total. The summed E-state index contributed by atoms with van der Waals surface area (Å²) >= 11 is 0. The smallest absolute Gasteiger partial charge is 0.374 e. The van der Waals surface area contributed by atoms with Crippen LogP contribution in [-0.2, 0) is 19.1 Å². The van der Waals surface area contributed by atoms with E-state index in [9.17, 15) is 18.3 Å². The van der Waals surface area contributed by atoms with Crippen molar-refractivity contribution in [1.29, 1.82) is 0 Å². The molecule has 0 radical (unpaired) electrons. The number of benzene rings is 1. The van der Waals surface area contributed by atoms with Crippen molar-refractivity contribution in [3.05, 3.63) is 54.1 Å². The zero-order valence-corrected chi connectivity index (χ0v) is 17.6.